The summed E-state index contributed by atoms with van der Waals surface area (Å²) in [5, 5.41) is 9.18. The third kappa shape index (κ3) is 2.11. The molecular weight excluding hydrogens is 178 g/mol. The van der Waals surface area contributed by atoms with E-state index in [4.69, 9.17) is 11.6 Å². The van der Waals surface area contributed by atoms with Gasteiger partial charge in [0.15, 0.2) is 0 Å². The summed E-state index contributed by atoms with van der Waals surface area (Å²) in [7, 11) is 0. The maximum Gasteiger partial charge on any atom is 0.226 e. The second kappa shape index (κ2) is 4.10. The van der Waals surface area contributed by atoms with Crippen molar-refractivity contribution in [3.8, 4) is 0 Å². The van der Waals surface area contributed by atoms with E-state index in [2.05, 4.69) is 0 Å². The Morgan fingerprint density at radius 2 is 2.50 bits per heavy atom. The van der Waals surface area contributed by atoms with Crippen molar-refractivity contribution in [1.29, 1.82) is 0 Å². The van der Waals surface area contributed by atoms with Crippen LogP contribution in [-0.4, -0.2) is 41.0 Å². The van der Waals surface area contributed by atoms with Crippen molar-refractivity contribution >= 4 is 17.5 Å². The van der Waals surface area contributed by atoms with Crippen LogP contribution in [0.2, 0.25) is 0 Å². The van der Waals surface area contributed by atoms with Crippen LogP contribution in [0.5, 0.6) is 0 Å². The molecule has 1 unspecified atom stereocenters. The molecular formula is C8H14ClNO2. The molecule has 1 N–H and O–H groups in total. The number of aliphatic hydroxyl groups excluding tert-OH is 1. The van der Waals surface area contributed by atoms with Crippen molar-refractivity contribution in [2.45, 2.75) is 19.4 Å². The maximum absolute atomic E-state index is 11.5. The monoisotopic (exact) mass is 191 g/mol. The minimum atomic E-state index is -0.337. The Hall–Kier alpha value is -0.280. The number of alkyl halides is 1. The van der Waals surface area contributed by atoms with Gasteiger partial charge in [0.25, 0.3) is 0 Å². The number of hydrogen-bond acceptors (Lipinski definition) is 2. The molecule has 0 bridgehead atoms. The van der Waals surface area contributed by atoms with Crippen molar-refractivity contribution in [1.82, 2.24) is 4.90 Å². The molecule has 1 amide bonds. The number of likely N-dealkylation sites (tertiary alicyclic amines) is 1. The van der Waals surface area contributed by atoms with E-state index in [1.54, 1.807) is 11.8 Å². The molecule has 1 heterocycles. The number of aliphatic hydroxyl groups is 1. The van der Waals surface area contributed by atoms with Crippen molar-refractivity contribution in [2.75, 3.05) is 19.0 Å². The Morgan fingerprint density at radius 1 is 1.83 bits per heavy atom. The van der Waals surface area contributed by atoms with Gasteiger partial charge in [0.1, 0.15) is 0 Å². The van der Waals surface area contributed by atoms with E-state index < -0.39 is 0 Å². The lowest BCUT2D eigenvalue weighted by molar-refractivity contribution is -0.133. The number of carbonyl (C=O) groups is 1. The number of rotatable bonds is 2. The number of amides is 1. The quantitative estimate of drug-likeness (QED) is 0.645. The smallest absolute Gasteiger partial charge is 0.226 e. The van der Waals surface area contributed by atoms with Crippen molar-refractivity contribution < 1.29 is 9.90 Å². The molecule has 12 heavy (non-hydrogen) atoms. The highest BCUT2D eigenvalue weighted by Gasteiger charge is 2.27. The Morgan fingerprint density at radius 3 is 2.92 bits per heavy atom. The van der Waals surface area contributed by atoms with Crippen LogP contribution in [0.4, 0.5) is 0 Å². The van der Waals surface area contributed by atoms with Crippen molar-refractivity contribution in [2.24, 2.45) is 5.92 Å². The number of β-amino-alcohol motifs (C(OH)–C–C–N with tert-alkyl or cyclic N) is 1. The molecule has 3 nitrogen and oxygen atoms in total. The van der Waals surface area contributed by atoms with Gasteiger partial charge in [0.2, 0.25) is 5.91 Å². The molecule has 0 aromatic rings. The molecule has 1 fully saturated rings. The molecule has 0 aliphatic carbocycles. The van der Waals surface area contributed by atoms with Gasteiger partial charge in [0.05, 0.1) is 6.10 Å². The Balaban J connectivity index is 2.43. The molecule has 1 aliphatic rings. The molecule has 1 saturated heterocycles. The molecule has 0 aromatic heterocycles. The first-order valence-electron chi connectivity index (χ1n) is 4.18. The second-order valence-electron chi connectivity index (χ2n) is 3.28. The molecule has 0 aromatic carbocycles. The Labute approximate surface area is 77.3 Å². The van der Waals surface area contributed by atoms with Crippen LogP contribution in [0.3, 0.4) is 0 Å². The Kier molecular flexibility index (Phi) is 3.35. The fourth-order valence-corrected chi connectivity index (χ4v) is 1.45. The van der Waals surface area contributed by atoms with Crippen LogP contribution in [-0.2, 0) is 4.79 Å². The number of nitrogens with zero attached hydrogens (tertiary/aromatic N) is 1. The Bertz CT molecular complexity index is 174. The predicted octanol–water partition coefficient (Wildman–Crippen LogP) is 0.454. The zero-order chi connectivity index (χ0) is 9.14. The topological polar surface area (TPSA) is 40.5 Å². The zero-order valence-electron chi connectivity index (χ0n) is 7.16. The summed E-state index contributed by atoms with van der Waals surface area (Å²) in [6.07, 6.45) is 0.359. The van der Waals surface area contributed by atoms with E-state index >= 15 is 0 Å². The largest absolute Gasteiger partial charge is 0.391 e. The molecule has 4 heteroatoms. The van der Waals surface area contributed by atoms with Crippen LogP contribution < -0.4 is 0 Å². The lowest BCUT2D eigenvalue weighted by Crippen LogP contribution is -2.34. The third-order valence-corrected chi connectivity index (χ3v) is 2.59. The summed E-state index contributed by atoms with van der Waals surface area (Å²) in [4.78, 5) is 13.1. The van der Waals surface area contributed by atoms with Gasteiger partial charge in [-0.2, -0.15) is 0 Å². The van der Waals surface area contributed by atoms with Crippen LogP contribution in [0.25, 0.3) is 0 Å². The van der Waals surface area contributed by atoms with Crippen LogP contribution in [0.15, 0.2) is 0 Å². The van der Waals surface area contributed by atoms with Gasteiger partial charge < -0.3 is 10.0 Å². The van der Waals surface area contributed by atoms with E-state index in [9.17, 15) is 9.90 Å². The molecule has 2 atom stereocenters. The number of hydrogen-bond donors (Lipinski definition) is 1. The van der Waals surface area contributed by atoms with E-state index in [0.29, 0.717) is 25.4 Å². The summed E-state index contributed by atoms with van der Waals surface area (Å²) >= 11 is 5.55. The lowest BCUT2D eigenvalue weighted by atomic mass is 10.2. The van der Waals surface area contributed by atoms with Gasteiger partial charge in [-0.15, -0.1) is 11.6 Å². The van der Waals surface area contributed by atoms with Gasteiger partial charge in [-0.25, -0.2) is 0 Å². The first-order valence-corrected chi connectivity index (χ1v) is 4.71. The SMILES string of the molecule is CC(CCl)C(=O)N1CC[C@@H](O)C1. The zero-order valence-corrected chi connectivity index (χ0v) is 7.92. The first-order chi connectivity index (χ1) is 5.65. The normalized spacial score (nSPS) is 25.9. The summed E-state index contributed by atoms with van der Waals surface area (Å²) < 4.78 is 0. The third-order valence-electron chi connectivity index (χ3n) is 2.13. The summed E-state index contributed by atoms with van der Waals surface area (Å²) in [5.74, 6) is 0.282. The standard InChI is InChI=1S/C8H14ClNO2/c1-6(4-9)8(12)10-3-2-7(11)5-10/h6-7,11H,2-5H2,1H3/t6?,7-/m1/s1. The molecule has 0 radical (unpaired) electrons. The van der Waals surface area contributed by atoms with Crippen molar-refractivity contribution in [3.05, 3.63) is 0 Å². The van der Waals surface area contributed by atoms with Gasteiger partial charge in [-0.3, -0.25) is 4.79 Å². The van der Waals surface area contributed by atoms with E-state index in [1.165, 1.54) is 0 Å². The second-order valence-corrected chi connectivity index (χ2v) is 3.59. The molecule has 1 rings (SSSR count). The van der Waals surface area contributed by atoms with Gasteiger partial charge in [-0.1, -0.05) is 6.92 Å². The van der Waals surface area contributed by atoms with Gasteiger partial charge >= 0.3 is 0 Å². The summed E-state index contributed by atoms with van der Waals surface area (Å²) in [6.45, 7) is 2.95. The minimum Gasteiger partial charge on any atom is -0.391 e. The summed E-state index contributed by atoms with van der Waals surface area (Å²) in [6, 6.07) is 0. The van der Waals surface area contributed by atoms with Crippen LogP contribution in [0.1, 0.15) is 13.3 Å². The molecule has 70 valence electrons. The maximum atomic E-state index is 11.5. The number of carbonyl (C=O) groups excluding carboxylic acids is 1. The fraction of sp³-hybridized carbons (Fsp3) is 0.875. The first kappa shape index (κ1) is 9.81. The van der Waals surface area contributed by atoms with E-state index in [0.717, 1.165) is 0 Å². The van der Waals surface area contributed by atoms with Gasteiger partial charge in [-0.05, 0) is 6.42 Å². The lowest BCUT2D eigenvalue weighted by Gasteiger charge is -2.18. The number of halogens is 1. The fourth-order valence-electron chi connectivity index (χ4n) is 1.32. The highest BCUT2D eigenvalue weighted by atomic mass is 35.5. The molecule has 1 aliphatic heterocycles. The average Bonchev–Trinajstić information content (AvgIpc) is 2.49. The van der Waals surface area contributed by atoms with E-state index in [1.807, 2.05) is 0 Å². The average molecular weight is 192 g/mol. The molecule has 0 saturated carbocycles. The van der Waals surface area contributed by atoms with Crippen LogP contribution in [0, 0.1) is 5.92 Å². The van der Waals surface area contributed by atoms with E-state index in [-0.39, 0.29) is 17.9 Å². The molecule has 0 spiro atoms. The highest BCUT2D eigenvalue weighted by molar-refractivity contribution is 6.19. The van der Waals surface area contributed by atoms with Gasteiger partial charge in [0, 0.05) is 24.9 Å². The highest BCUT2D eigenvalue weighted by Crippen LogP contribution is 2.13. The predicted molar refractivity (Wildman–Crippen MR) is 47.1 cm³/mol. The van der Waals surface area contributed by atoms with Crippen molar-refractivity contribution in [3.63, 3.8) is 0 Å². The minimum absolute atomic E-state index is 0.0570. The van der Waals surface area contributed by atoms with Crippen LogP contribution >= 0.6 is 11.6 Å². The summed E-state index contributed by atoms with van der Waals surface area (Å²) in [5.41, 5.74) is 0.